The lowest BCUT2D eigenvalue weighted by atomic mass is 10.4. The molecule has 0 aromatic rings. The van der Waals surface area contributed by atoms with Gasteiger partial charge in [-0.15, -0.1) is 11.6 Å². The highest BCUT2D eigenvalue weighted by Gasteiger charge is 2.01. The molecule has 0 rings (SSSR count). The van der Waals surface area contributed by atoms with Gasteiger partial charge in [0.25, 0.3) is 0 Å². The molecule has 0 aromatic carbocycles. The molecule has 0 fully saturated rings. The molecular weight excluding hydrogens is 133 g/mol. The molecule has 1 unspecified atom stereocenters. The molecule has 48 valence electrons. The van der Waals surface area contributed by atoms with Gasteiger partial charge in [-0.05, 0) is 0 Å². The maximum Gasteiger partial charge on any atom is 0.207 e. The minimum absolute atomic E-state index is 0.120. The van der Waals surface area contributed by atoms with Crippen molar-refractivity contribution >= 4 is 18.0 Å². The predicted octanol–water partition coefficient (Wildman–Crippen LogP) is 0.309. The molecule has 1 atom stereocenters. The first kappa shape index (κ1) is 7.69. The molecule has 1 amide bonds. The Hall–Kier alpha value is -0.310. The highest BCUT2D eigenvalue weighted by molar-refractivity contribution is 6.18. The lowest BCUT2D eigenvalue weighted by molar-refractivity contribution is -0.110. The van der Waals surface area contributed by atoms with E-state index in [-0.39, 0.29) is 5.88 Å². The third kappa shape index (κ3) is 2.80. The van der Waals surface area contributed by atoms with E-state index in [0.717, 1.165) is 0 Å². The Labute approximate surface area is 52.0 Å². The molecule has 0 bridgehead atoms. The smallest absolute Gasteiger partial charge is 0.207 e. The molecule has 0 saturated carbocycles. The van der Waals surface area contributed by atoms with E-state index in [0.29, 0.717) is 6.41 Å². The minimum atomic E-state index is -0.609. The Balaban J connectivity index is 3.20. The monoisotopic (exact) mass is 139 g/mol. The summed E-state index contributed by atoms with van der Waals surface area (Å²) in [5.41, 5.74) is 0. The fourth-order valence-electron chi connectivity index (χ4n) is 0.227. The lowest BCUT2D eigenvalue weighted by Gasteiger charge is -2.04. The molecule has 2 nitrogen and oxygen atoms in total. The van der Waals surface area contributed by atoms with Crippen molar-refractivity contribution in [1.82, 2.24) is 5.32 Å². The van der Waals surface area contributed by atoms with Gasteiger partial charge in [0.2, 0.25) is 6.41 Å². The maximum absolute atomic E-state index is 11.5. The van der Waals surface area contributed by atoms with Crippen LogP contribution in [0.15, 0.2) is 0 Å². The summed E-state index contributed by atoms with van der Waals surface area (Å²) in [7, 11) is 0. The van der Waals surface area contributed by atoms with Crippen LogP contribution in [0, 0.1) is 0 Å². The van der Waals surface area contributed by atoms with Crippen LogP contribution >= 0.6 is 11.6 Å². The number of hydrogen-bond acceptors (Lipinski definition) is 1. The molecule has 0 heterocycles. The van der Waals surface area contributed by atoms with Gasteiger partial charge in [0.15, 0.2) is 0 Å². The van der Waals surface area contributed by atoms with E-state index in [4.69, 9.17) is 11.6 Å². The van der Waals surface area contributed by atoms with Crippen LogP contribution in [0.3, 0.4) is 0 Å². The predicted molar refractivity (Wildman–Crippen MR) is 29.7 cm³/mol. The Morgan fingerprint density at radius 3 is 2.62 bits per heavy atom. The largest absolute Gasteiger partial charge is 0.352 e. The van der Waals surface area contributed by atoms with Crippen LogP contribution in [0.2, 0.25) is 0 Å². The number of carbonyl (C=O) groups excluding carboxylic acids is 1. The zero-order chi connectivity index (χ0) is 6.41. The zero-order valence-corrected chi connectivity index (χ0v) is 4.99. The number of alkyl halides is 2. The van der Waals surface area contributed by atoms with Gasteiger partial charge < -0.3 is 5.32 Å². The van der Waals surface area contributed by atoms with E-state index in [2.05, 4.69) is 5.32 Å². The van der Waals surface area contributed by atoms with Gasteiger partial charge in [0.05, 0.1) is 6.04 Å². The summed E-state index contributed by atoms with van der Waals surface area (Å²) in [4.78, 5) is 9.60. The summed E-state index contributed by atoms with van der Waals surface area (Å²) < 4.78 is 11.5. The third-order valence-electron chi connectivity index (χ3n) is 0.676. The Morgan fingerprint density at radius 2 is 2.50 bits per heavy atom. The average Bonchev–Trinajstić information content (AvgIpc) is 1.83. The second-order valence-electron chi connectivity index (χ2n) is 1.29. The van der Waals surface area contributed by atoms with Crippen LogP contribution in [0.25, 0.3) is 0 Å². The first-order chi connectivity index (χ1) is 3.85. The van der Waals surface area contributed by atoms with Crippen molar-refractivity contribution in [1.29, 1.82) is 0 Å². The number of amides is 1. The molecule has 1 N–H and O–H groups in total. The third-order valence-corrected chi connectivity index (χ3v) is 1.05. The lowest BCUT2D eigenvalue weighted by Crippen LogP contribution is -2.31. The van der Waals surface area contributed by atoms with Crippen LogP contribution in [-0.2, 0) is 4.79 Å². The Kier molecular flexibility index (Phi) is 4.65. The molecule has 0 aliphatic carbocycles. The van der Waals surface area contributed by atoms with E-state index in [9.17, 15) is 9.18 Å². The molecule has 8 heavy (non-hydrogen) atoms. The van der Waals surface area contributed by atoms with E-state index < -0.39 is 12.7 Å². The summed E-state index contributed by atoms with van der Waals surface area (Å²) in [6.07, 6.45) is 0.437. The van der Waals surface area contributed by atoms with E-state index in [1.54, 1.807) is 0 Å². The number of nitrogens with one attached hydrogen (secondary N) is 1. The fourth-order valence-corrected chi connectivity index (χ4v) is 0.398. The second-order valence-corrected chi connectivity index (χ2v) is 1.60. The van der Waals surface area contributed by atoms with Gasteiger partial charge >= 0.3 is 0 Å². The van der Waals surface area contributed by atoms with Crippen molar-refractivity contribution in [3.05, 3.63) is 0 Å². The summed E-state index contributed by atoms with van der Waals surface area (Å²) >= 11 is 5.19. The molecule has 0 radical (unpaired) electrons. The molecule has 0 spiro atoms. The van der Waals surface area contributed by atoms with E-state index >= 15 is 0 Å². The van der Waals surface area contributed by atoms with E-state index in [1.807, 2.05) is 0 Å². The number of hydrogen-bond donors (Lipinski definition) is 1. The summed E-state index contributed by atoms with van der Waals surface area (Å²) in [5, 5.41) is 2.19. The van der Waals surface area contributed by atoms with Crippen LogP contribution in [-0.4, -0.2) is 25.0 Å². The molecule has 0 aliphatic heterocycles. The highest BCUT2D eigenvalue weighted by atomic mass is 35.5. The number of rotatable bonds is 4. The van der Waals surface area contributed by atoms with Crippen molar-refractivity contribution in [3.63, 3.8) is 0 Å². The first-order valence-electron chi connectivity index (χ1n) is 2.16. The standard InChI is InChI=1S/C4H7ClFNO/c5-1-4(2-6)7-3-8/h3-4H,1-2H2,(H,7,8). The summed E-state index contributed by atoms with van der Waals surface area (Å²) in [6.45, 7) is -0.609. The van der Waals surface area contributed by atoms with Gasteiger partial charge in [-0.25, -0.2) is 4.39 Å². The zero-order valence-electron chi connectivity index (χ0n) is 4.23. The molecule has 4 heteroatoms. The first-order valence-corrected chi connectivity index (χ1v) is 2.70. The van der Waals surface area contributed by atoms with Crippen LogP contribution in [0.1, 0.15) is 0 Å². The topological polar surface area (TPSA) is 29.1 Å². The normalized spacial score (nSPS) is 12.8. The van der Waals surface area contributed by atoms with Gasteiger partial charge in [0, 0.05) is 5.88 Å². The van der Waals surface area contributed by atoms with Crippen molar-refractivity contribution in [2.75, 3.05) is 12.6 Å². The van der Waals surface area contributed by atoms with Gasteiger partial charge in [-0.1, -0.05) is 0 Å². The van der Waals surface area contributed by atoms with Crippen LogP contribution < -0.4 is 5.32 Å². The molecule has 0 saturated heterocycles. The van der Waals surface area contributed by atoms with Gasteiger partial charge in [-0.3, -0.25) is 4.79 Å². The minimum Gasteiger partial charge on any atom is -0.352 e. The van der Waals surface area contributed by atoms with Gasteiger partial charge in [-0.2, -0.15) is 0 Å². The number of carbonyl (C=O) groups is 1. The SMILES string of the molecule is O=CNC(CF)CCl. The van der Waals surface area contributed by atoms with Crippen molar-refractivity contribution < 1.29 is 9.18 Å². The quantitative estimate of drug-likeness (QED) is 0.441. The molecule has 0 aromatic heterocycles. The highest BCUT2D eigenvalue weighted by Crippen LogP contribution is 1.86. The second kappa shape index (κ2) is 4.84. The Bertz CT molecular complexity index is 67.1. The molecule has 0 aliphatic rings. The summed E-state index contributed by atoms with van der Waals surface area (Å²) in [5.74, 6) is 0.120. The summed E-state index contributed by atoms with van der Waals surface area (Å²) in [6, 6.07) is -0.519. The average molecular weight is 140 g/mol. The van der Waals surface area contributed by atoms with Gasteiger partial charge in [0.1, 0.15) is 6.67 Å². The van der Waals surface area contributed by atoms with E-state index in [1.165, 1.54) is 0 Å². The number of halogens is 2. The van der Waals surface area contributed by atoms with Crippen molar-refractivity contribution in [2.45, 2.75) is 6.04 Å². The van der Waals surface area contributed by atoms with Crippen LogP contribution in [0.5, 0.6) is 0 Å². The molecular formula is C4H7ClFNO. The van der Waals surface area contributed by atoms with Crippen molar-refractivity contribution in [2.24, 2.45) is 0 Å². The Morgan fingerprint density at radius 1 is 1.88 bits per heavy atom. The van der Waals surface area contributed by atoms with Crippen LogP contribution in [0.4, 0.5) is 4.39 Å². The maximum atomic E-state index is 11.5. The van der Waals surface area contributed by atoms with Crippen molar-refractivity contribution in [3.8, 4) is 0 Å². The fraction of sp³-hybridized carbons (Fsp3) is 0.750.